The summed E-state index contributed by atoms with van der Waals surface area (Å²) in [6.07, 6.45) is 0. The standard InChI is InChI=1S/C9H8N2O3/c1-13-11-8-6-4-2-3-5-7(6)14-9(8)10-12/h2-5,12H,1H3. The van der Waals surface area contributed by atoms with Gasteiger partial charge in [-0.1, -0.05) is 17.3 Å². The van der Waals surface area contributed by atoms with Gasteiger partial charge in [-0.15, -0.1) is 0 Å². The van der Waals surface area contributed by atoms with Crippen LogP contribution in [0.4, 0.5) is 0 Å². The van der Waals surface area contributed by atoms with Crippen LogP contribution in [-0.2, 0) is 4.84 Å². The molecule has 0 spiro atoms. The Labute approximate surface area is 80.2 Å². The van der Waals surface area contributed by atoms with Gasteiger partial charge in [-0.2, -0.15) is 0 Å². The molecule has 0 saturated heterocycles. The molecule has 0 fully saturated rings. The fourth-order valence-corrected chi connectivity index (χ4v) is 1.27. The Morgan fingerprint density at radius 2 is 2.14 bits per heavy atom. The normalized spacial score (nSPS) is 19.5. The fraction of sp³-hybridized carbons (Fsp3) is 0.111. The fourth-order valence-electron chi connectivity index (χ4n) is 1.27. The van der Waals surface area contributed by atoms with Crippen molar-refractivity contribution in [2.24, 2.45) is 10.3 Å². The molecule has 0 aromatic heterocycles. The maximum absolute atomic E-state index is 8.66. The molecule has 1 aromatic rings. The predicted octanol–water partition coefficient (Wildman–Crippen LogP) is 1.22. The highest BCUT2D eigenvalue weighted by atomic mass is 16.6. The molecule has 0 bridgehead atoms. The van der Waals surface area contributed by atoms with Crippen molar-refractivity contribution in [1.82, 2.24) is 0 Å². The summed E-state index contributed by atoms with van der Waals surface area (Å²) in [7, 11) is 1.42. The second-order valence-corrected chi connectivity index (χ2v) is 2.63. The summed E-state index contributed by atoms with van der Waals surface area (Å²) in [5, 5.41) is 15.4. The van der Waals surface area contributed by atoms with Crippen LogP contribution in [0.1, 0.15) is 5.56 Å². The number of benzene rings is 1. The number of nitrogens with zero attached hydrogens (tertiary/aromatic N) is 2. The summed E-state index contributed by atoms with van der Waals surface area (Å²) in [5.41, 5.74) is 1.15. The van der Waals surface area contributed by atoms with Gasteiger partial charge in [0.05, 0.1) is 5.56 Å². The van der Waals surface area contributed by atoms with Crippen molar-refractivity contribution in [2.45, 2.75) is 0 Å². The number of fused-ring (bicyclic) bond motifs is 1. The molecular formula is C9H8N2O3. The van der Waals surface area contributed by atoms with Crippen LogP contribution < -0.4 is 4.74 Å². The van der Waals surface area contributed by atoms with Crippen molar-refractivity contribution in [1.29, 1.82) is 0 Å². The lowest BCUT2D eigenvalue weighted by Crippen LogP contribution is -2.13. The van der Waals surface area contributed by atoms with Gasteiger partial charge in [-0.3, -0.25) is 0 Å². The molecule has 72 valence electrons. The maximum Gasteiger partial charge on any atom is 0.285 e. The second kappa shape index (κ2) is 3.37. The van der Waals surface area contributed by atoms with Crippen molar-refractivity contribution in [3.63, 3.8) is 0 Å². The highest BCUT2D eigenvalue weighted by Crippen LogP contribution is 2.26. The molecule has 0 amide bonds. The topological polar surface area (TPSA) is 63.4 Å². The van der Waals surface area contributed by atoms with Gasteiger partial charge in [0.15, 0.2) is 5.71 Å². The predicted molar refractivity (Wildman–Crippen MR) is 49.8 cm³/mol. The zero-order valence-corrected chi connectivity index (χ0v) is 7.47. The summed E-state index contributed by atoms with van der Waals surface area (Å²) in [6, 6.07) is 7.24. The van der Waals surface area contributed by atoms with Gasteiger partial charge in [-0.25, -0.2) is 0 Å². The number of para-hydroxylation sites is 1. The lowest BCUT2D eigenvalue weighted by atomic mass is 10.1. The van der Waals surface area contributed by atoms with Crippen molar-refractivity contribution < 1.29 is 14.8 Å². The zero-order chi connectivity index (χ0) is 9.97. The van der Waals surface area contributed by atoms with E-state index in [0.29, 0.717) is 11.5 Å². The van der Waals surface area contributed by atoms with Crippen molar-refractivity contribution in [3.05, 3.63) is 29.8 Å². The Hall–Kier alpha value is -2.04. The Morgan fingerprint density at radius 1 is 1.36 bits per heavy atom. The minimum Gasteiger partial charge on any atom is -0.434 e. The minimum atomic E-state index is 0.0491. The highest BCUT2D eigenvalue weighted by molar-refractivity contribution is 6.48. The van der Waals surface area contributed by atoms with Gasteiger partial charge in [0.25, 0.3) is 5.90 Å². The molecule has 14 heavy (non-hydrogen) atoms. The van der Waals surface area contributed by atoms with E-state index in [0.717, 1.165) is 5.56 Å². The molecule has 0 radical (unpaired) electrons. The van der Waals surface area contributed by atoms with Gasteiger partial charge in [-0.05, 0) is 17.3 Å². The van der Waals surface area contributed by atoms with Crippen LogP contribution in [-0.4, -0.2) is 23.9 Å². The second-order valence-electron chi connectivity index (χ2n) is 2.63. The molecule has 0 saturated carbocycles. The van der Waals surface area contributed by atoms with Gasteiger partial charge in [0, 0.05) is 0 Å². The Kier molecular flexibility index (Phi) is 2.06. The Morgan fingerprint density at radius 3 is 2.86 bits per heavy atom. The van der Waals surface area contributed by atoms with Gasteiger partial charge < -0.3 is 14.8 Å². The van der Waals surface area contributed by atoms with Gasteiger partial charge >= 0.3 is 0 Å². The molecule has 0 aliphatic carbocycles. The van der Waals surface area contributed by atoms with Crippen LogP contribution in [0.15, 0.2) is 34.6 Å². The average Bonchev–Trinajstić information content (AvgIpc) is 2.58. The maximum atomic E-state index is 8.66. The zero-order valence-electron chi connectivity index (χ0n) is 7.47. The van der Waals surface area contributed by atoms with E-state index < -0.39 is 0 Å². The summed E-state index contributed by atoms with van der Waals surface area (Å²) in [6.45, 7) is 0. The third-order valence-corrected chi connectivity index (χ3v) is 1.82. The highest BCUT2D eigenvalue weighted by Gasteiger charge is 2.27. The Balaban J connectivity index is 2.53. The molecule has 2 rings (SSSR count). The lowest BCUT2D eigenvalue weighted by Gasteiger charge is -1.93. The third kappa shape index (κ3) is 1.19. The summed E-state index contributed by atoms with van der Waals surface area (Å²) in [4.78, 5) is 4.63. The number of ether oxygens (including phenoxy) is 1. The number of oxime groups is 2. The first kappa shape index (κ1) is 8.55. The molecule has 0 unspecified atom stereocenters. The molecule has 5 nitrogen and oxygen atoms in total. The van der Waals surface area contributed by atoms with Crippen LogP contribution in [0.5, 0.6) is 5.75 Å². The smallest absolute Gasteiger partial charge is 0.285 e. The Bertz CT molecular complexity index is 412. The molecule has 1 N–H and O–H groups in total. The number of rotatable bonds is 1. The first-order valence-electron chi connectivity index (χ1n) is 3.97. The van der Waals surface area contributed by atoms with Crippen LogP contribution in [0, 0.1) is 0 Å². The van der Waals surface area contributed by atoms with Crippen LogP contribution in [0.3, 0.4) is 0 Å². The van der Waals surface area contributed by atoms with Crippen molar-refractivity contribution >= 4 is 11.6 Å². The van der Waals surface area contributed by atoms with E-state index in [1.165, 1.54) is 7.11 Å². The van der Waals surface area contributed by atoms with E-state index in [1.807, 2.05) is 18.2 Å². The molecule has 5 heteroatoms. The largest absolute Gasteiger partial charge is 0.434 e. The van der Waals surface area contributed by atoms with Crippen LogP contribution >= 0.6 is 0 Å². The SMILES string of the molecule is CON=C1C(=NO)Oc2ccccc21. The van der Waals surface area contributed by atoms with E-state index >= 15 is 0 Å². The van der Waals surface area contributed by atoms with E-state index in [4.69, 9.17) is 9.94 Å². The first-order valence-corrected chi connectivity index (χ1v) is 3.97. The first-order chi connectivity index (χ1) is 6.86. The van der Waals surface area contributed by atoms with Crippen LogP contribution in [0.2, 0.25) is 0 Å². The molecule has 1 heterocycles. The van der Waals surface area contributed by atoms with Gasteiger partial charge in [0.1, 0.15) is 12.9 Å². The van der Waals surface area contributed by atoms with E-state index in [1.54, 1.807) is 6.07 Å². The molecular weight excluding hydrogens is 184 g/mol. The third-order valence-electron chi connectivity index (χ3n) is 1.82. The monoisotopic (exact) mass is 192 g/mol. The summed E-state index contributed by atoms with van der Waals surface area (Å²) >= 11 is 0. The van der Waals surface area contributed by atoms with E-state index in [-0.39, 0.29) is 5.90 Å². The quantitative estimate of drug-likeness (QED) is 0.537. The summed E-state index contributed by atoms with van der Waals surface area (Å²) in [5.74, 6) is 0.657. The van der Waals surface area contributed by atoms with Crippen molar-refractivity contribution in [2.75, 3.05) is 7.11 Å². The molecule has 1 aromatic carbocycles. The number of hydrogen-bond donors (Lipinski definition) is 1. The summed E-state index contributed by atoms with van der Waals surface area (Å²) < 4.78 is 5.21. The minimum absolute atomic E-state index is 0.0491. The molecule has 1 aliphatic rings. The van der Waals surface area contributed by atoms with Gasteiger partial charge in [0.2, 0.25) is 0 Å². The molecule has 0 atom stereocenters. The van der Waals surface area contributed by atoms with Crippen LogP contribution in [0.25, 0.3) is 0 Å². The average molecular weight is 192 g/mol. The lowest BCUT2D eigenvalue weighted by molar-refractivity contribution is 0.214. The van der Waals surface area contributed by atoms with E-state index in [2.05, 4.69) is 15.1 Å². The van der Waals surface area contributed by atoms with Crippen molar-refractivity contribution in [3.8, 4) is 5.75 Å². The number of hydrogen-bond acceptors (Lipinski definition) is 5. The van der Waals surface area contributed by atoms with E-state index in [9.17, 15) is 0 Å². The molecule has 1 aliphatic heterocycles.